The highest BCUT2D eigenvalue weighted by atomic mass is 32.1. The highest BCUT2D eigenvalue weighted by Crippen LogP contribution is 2.39. The van der Waals surface area contributed by atoms with Crippen molar-refractivity contribution in [3.63, 3.8) is 0 Å². The molecule has 3 heterocycles. The molecule has 0 radical (unpaired) electrons. The first kappa shape index (κ1) is 26.8. The zero-order valence-corrected chi connectivity index (χ0v) is 22.7. The summed E-state index contributed by atoms with van der Waals surface area (Å²) in [6.45, 7) is 11.3. The van der Waals surface area contributed by atoms with Crippen LogP contribution in [0.2, 0.25) is 0 Å². The molecule has 37 heavy (non-hydrogen) atoms. The number of carbonyl (C=O) groups excluding carboxylic acids is 4. The quantitative estimate of drug-likeness (QED) is 0.474. The summed E-state index contributed by atoms with van der Waals surface area (Å²) in [5.74, 6) is -2.87. The number of benzene rings is 1. The minimum Gasteiger partial charge on any atom is -0.456 e. The molecule has 2 amide bonds. The zero-order chi connectivity index (χ0) is 27.1. The molecule has 0 saturated carbocycles. The number of ether oxygens (including phenoxy) is 3. The van der Waals surface area contributed by atoms with E-state index in [-0.39, 0.29) is 29.5 Å². The molecule has 2 aromatic rings. The van der Waals surface area contributed by atoms with Crippen LogP contribution in [0.1, 0.15) is 73.5 Å². The summed E-state index contributed by atoms with van der Waals surface area (Å²) >= 11 is 1.13. The number of hydrogen-bond donors (Lipinski definition) is 1. The lowest BCUT2D eigenvalue weighted by molar-refractivity contribution is -0.161. The molecule has 198 valence electrons. The van der Waals surface area contributed by atoms with Crippen molar-refractivity contribution in [1.82, 2.24) is 4.90 Å². The molecule has 2 aliphatic heterocycles. The lowest BCUT2D eigenvalue weighted by Crippen LogP contribution is -2.40. The van der Waals surface area contributed by atoms with Gasteiger partial charge in [0, 0.05) is 24.4 Å². The van der Waals surface area contributed by atoms with E-state index in [4.69, 9.17) is 14.2 Å². The van der Waals surface area contributed by atoms with Gasteiger partial charge in [0.25, 0.3) is 5.91 Å². The third-order valence-corrected chi connectivity index (χ3v) is 6.86. The summed E-state index contributed by atoms with van der Waals surface area (Å²) in [6, 6.07) is 7.90. The zero-order valence-electron chi connectivity index (χ0n) is 21.9. The van der Waals surface area contributed by atoms with E-state index in [0.717, 1.165) is 22.5 Å². The second kappa shape index (κ2) is 9.90. The van der Waals surface area contributed by atoms with Gasteiger partial charge in [0.05, 0.1) is 12.2 Å². The summed E-state index contributed by atoms with van der Waals surface area (Å²) in [5, 5.41) is 2.69. The summed E-state index contributed by atoms with van der Waals surface area (Å²) in [5.41, 5.74) is 1.28. The Morgan fingerprint density at radius 2 is 1.57 bits per heavy atom. The Labute approximate surface area is 220 Å². The average Bonchev–Trinajstić information content (AvgIpc) is 3.36. The monoisotopic (exact) mass is 528 g/mol. The summed E-state index contributed by atoms with van der Waals surface area (Å²) < 4.78 is 16.7. The van der Waals surface area contributed by atoms with E-state index < -0.39 is 35.2 Å². The molecule has 1 N–H and O–H groups in total. The maximum Gasteiger partial charge on any atom is 0.397 e. The normalized spacial score (nSPS) is 17.0. The SMILES string of the molecule is CC(C)(C)OC(=O)C(=O)Nc1sc2c(c1C(=O)OC(C)(C)C)CC(C(=O)N1Cc3ccccc3C1)OC2. The predicted molar refractivity (Wildman–Crippen MR) is 137 cm³/mol. The van der Waals surface area contributed by atoms with Gasteiger partial charge in [-0.2, -0.15) is 0 Å². The van der Waals surface area contributed by atoms with Crippen LogP contribution in [0, 0.1) is 0 Å². The van der Waals surface area contributed by atoms with Gasteiger partial charge in [0.1, 0.15) is 22.3 Å². The number of nitrogens with one attached hydrogen (secondary N) is 1. The molecular weight excluding hydrogens is 496 g/mol. The standard InChI is InChI=1S/C27H32N2O7S/c1-26(2,3)35-24(32)20-17-11-18(23(31)29-12-15-9-7-8-10-16(15)13-29)34-14-19(17)37-22(20)28-21(30)25(33)36-27(4,5)6/h7-10,18H,11-14H2,1-6H3,(H,28,30). The van der Waals surface area contributed by atoms with Gasteiger partial charge in [-0.1, -0.05) is 24.3 Å². The third kappa shape index (κ3) is 6.19. The number of anilines is 1. The Bertz CT molecular complexity index is 1230. The van der Waals surface area contributed by atoms with Gasteiger partial charge < -0.3 is 24.4 Å². The van der Waals surface area contributed by atoms with Crippen molar-refractivity contribution in [1.29, 1.82) is 0 Å². The van der Waals surface area contributed by atoms with Crippen LogP contribution in [-0.4, -0.2) is 46.0 Å². The van der Waals surface area contributed by atoms with Gasteiger partial charge in [0.2, 0.25) is 0 Å². The van der Waals surface area contributed by atoms with E-state index in [1.165, 1.54) is 0 Å². The molecular formula is C27H32N2O7S. The Hall–Kier alpha value is -3.24. The summed E-state index contributed by atoms with van der Waals surface area (Å²) in [7, 11) is 0. The first-order valence-electron chi connectivity index (χ1n) is 12.1. The van der Waals surface area contributed by atoms with E-state index in [1.54, 1.807) is 46.4 Å². The minimum atomic E-state index is -1.06. The maximum atomic E-state index is 13.4. The molecule has 1 atom stereocenters. The Kier molecular flexibility index (Phi) is 7.18. The van der Waals surface area contributed by atoms with Crippen molar-refractivity contribution in [2.75, 3.05) is 5.32 Å². The number of hydrogen-bond acceptors (Lipinski definition) is 8. The van der Waals surface area contributed by atoms with Crippen molar-refractivity contribution in [3.05, 3.63) is 51.4 Å². The highest BCUT2D eigenvalue weighted by molar-refractivity contribution is 7.17. The average molecular weight is 529 g/mol. The number of thiophene rings is 1. The van der Waals surface area contributed by atoms with Gasteiger partial charge in [-0.3, -0.25) is 9.59 Å². The van der Waals surface area contributed by atoms with E-state index in [1.807, 2.05) is 24.3 Å². The topological polar surface area (TPSA) is 111 Å². The molecule has 4 rings (SSSR count). The second-order valence-corrected chi connectivity index (χ2v) is 12.2. The first-order chi connectivity index (χ1) is 17.2. The van der Waals surface area contributed by atoms with Gasteiger partial charge in [-0.05, 0) is 58.2 Å². The van der Waals surface area contributed by atoms with Crippen molar-refractivity contribution in [2.45, 2.75) is 85.0 Å². The van der Waals surface area contributed by atoms with E-state index in [0.29, 0.717) is 23.5 Å². The number of esters is 2. The van der Waals surface area contributed by atoms with Crippen LogP contribution in [-0.2, 0) is 54.7 Å². The number of nitrogens with zero attached hydrogens (tertiary/aromatic N) is 1. The lowest BCUT2D eigenvalue weighted by Gasteiger charge is -2.27. The van der Waals surface area contributed by atoms with Crippen molar-refractivity contribution < 1.29 is 33.4 Å². The fraction of sp³-hybridized carbons (Fsp3) is 0.481. The molecule has 0 aliphatic carbocycles. The molecule has 0 saturated heterocycles. The van der Waals surface area contributed by atoms with Crippen LogP contribution in [0.15, 0.2) is 24.3 Å². The number of fused-ring (bicyclic) bond motifs is 2. The van der Waals surface area contributed by atoms with Crippen LogP contribution in [0.5, 0.6) is 0 Å². The van der Waals surface area contributed by atoms with E-state index in [2.05, 4.69) is 5.32 Å². The van der Waals surface area contributed by atoms with Crippen LogP contribution in [0.3, 0.4) is 0 Å². The summed E-state index contributed by atoms with van der Waals surface area (Å²) in [6.07, 6.45) is -0.638. The maximum absolute atomic E-state index is 13.4. The van der Waals surface area contributed by atoms with Crippen LogP contribution in [0.4, 0.5) is 5.00 Å². The number of rotatable bonds is 3. The van der Waals surface area contributed by atoms with Crippen molar-refractivity contribution in [3.8, 4) is 0 Å². The Morgan fingerprint density at radius 3 is 2.14 bits per heavy atom. The number of carbonyl (C=O) groups is 4. The van der Waals surface area contributed by atoms with Gasteiger partial charge in [0.15, 0.2) is 0 Å². The first-order valence-corrected chi connectivity index (χ1v) is 12.9. The van der Waals surface area contributed by atoms with Crippen LogP contribution >= 0.6 is 11.3 Å². The van der Waals surface area contributed by atoms with Crippen molar-refractivity contribution >= 4 is 40.1 Å². The molecule has 1 aromatic heterocycles. The smallest absolute Gasteiger partial charge is 0.397 e. The lowest BCUT2D eigenvalue weighted by atomic mass is 9.99. The van der Waals surface area contributed by atoms with E-state index in [9.17, 15) is 19.2 Å². The largest absolute Gasteiger partial charge is 0.456 e. The van der Waals surface area contributed by atoms with Gasteiger partial charge in [-0.25, -0.2) is 9.59 Å². The summed E-state index contributed by atoms with van der Waals surface area (Å²) in [4.78, 5) is 53.9. The Morgan fingerprint density at radius 1 is 0.973 bits per heavy atom. The van der Waals surface area contributed by atoms with Gasteiger partial charge >= 0.3 is 17.8 Å². The van der Waals surface area contributed by atoms with Crippen LogP contribution < -0.4 is 5.32 Å². The molecule has 2 aliphatic rings. The molecule has 9 nitrogen and oxygen atoms in total. The van der Waals surface area contributed by atoms with Gasteiger partial charge in [-0.15, -0.1) is 11.3 Å². The molecule has 0 spiro atoms. The predicted octanol–water partition coefficient (Wildman–Crippen LogP) is 3.97. The Balaban J connectivity index is 1.59. The fourth-order valence-electron chi connectivity index (χ4n) is 4.23. The molecule has 0 fully saturated rings. The van der Waals surface area contributed by atoms with Crippen molar-refractivity contribution in [2.24, 2.45) is 0 Å². The minimum absolute atomic E-state index is 0.0926. The van der Waals surface area contributed by atoms with E-state index >= 15 is 0 Å². The molecule has 1 unspecified atom stereocenters. The fourth-order valence-corrected chi connectivity index (χ4v) is 5.36. The molecule has 0 bridgehead atoms. The third-order valence-electron chi connectivity index (χ3n) is 5.74. The van der Waals surface area contributed by atoms with Crippen LogP contribution in [0.25, 0.3) is 0 Å². The number of amides is 2. The molecule has 10 heteroatoms. The second-order valence-electron chi connectivity index (χ2n) is 11.1. The molecule has 1 aromatic carbocycles. The highest BCUT2D eigenvalue weighted by Gasteiger charge is 2.38.